The fraction of sp³-hybridized carbons (Fsp3) is 0.174. The minimum atomic E-state index is -4.00. The standard InChI is InChI=1S/C23H20ClFN2O5S2/c1-33(29,30)17-9-11-18(12-10-17)34(31,32)27-13-3-4-15-7-8-16(14-21(15)27)26-23(28)22-19(24)5-2-6-20(22)25/h2,5-12,14H,3-4,13H2,1H3,(H,26,28). The molecule has 1 N–H and O–H groups in total. The summed E-state index contributed by atoms with van der Waals surface area (Å²) in [7, 11) is -7.47. The predicted molar refractivity (Wildman–Crippen MR) is 128 cm³/mol. The van der Waals surface area contributed by atoms with Crippen LogP contribution >= 0.6 is 11.6 Å². The molecule has 3 aromatic carbocycles. The van der Waals surface area contributed by atoms with Crippen LogP contribution in [-0.4, -0.2) is 35.5 Å². The zero-order chi connectivity index (χ0) is 24.7. The lowest BCUT2D eigenvalue weighted by Gasteiger charge is -2.31. The second kappa shape index (κ2) is 9.01. The number of nitrogens with one attached hydrogen (secondary N) is 1. The second-order valence-electron chi connectivity index (χ2n) is 7.82. The molecule has 1 heterocycles. The lowest BCUT2D eigenvalue weighted by molar-refractivity contribution is 0.102. The number of rotatable bonds is 5. The van der Waals surface area contributed by atoms with Crippen molar-refractivity contribution in [2.75, 3.05) is 22.4 Å². The molecule has 0 spiro atoms. The Balaban J connectivity index is 1.67. The van der Waals surface area contributed by atoms with E-state index in [1.807, 2.05) is 0 Å². The fourth-order valence-corrected chi connectivity index (χ4v) is 6.17. The Bertz CT molecular complexity index is 1470. The summed E-state index contributed by atoms with van der Waals surface area (Å²) in [6.07, 6.45) is 2.27. The van der Waals surface area contributed by atoms with Crippen LogP contribution in [0.2, 0.25) is 5.02 Å². The van der Waals surface area contributed by atoms with Gasteiger partial charge in [-0.15, -0.1) is 0 Å². The van der Waals surface area contributed by atoms with E-state index in [-0.39, 0.29) is 32.6 Å². The van der Waals surface area contributed by atoms with Gasteiger partial charge in [0.15, 0.2) is 9.84 Å². The van der Waals surface area contributed by atoms with Gasteiger partial charge in [0.1, 0.15) is 5.82 Å². The molecule has 0 atom stereocenters. The average molecular weight is 523 g/mol. The first-order valence-electron chi connectivity index (χ1n) is 10.2. The van der Waals surface area contributed by atoms with Crippen LogP contribution in [0.5, 0.6) is 0 Å². The number of benzene rings is 3. The highest BCUT2D eigenvalue weighted by Gasteiger charge is 2.30. The molecule has 0 saturated carbocycles. The molecule has 0 fully saturated rings. The smallest absolute Gasteiger partial charge is 0.264 e. The SMILES string of the molecule is CS(=O)(=O)c1ccc(S(=O)(=O)N2CCCc3ccc(NC(=O)c4c(F)cccc4Cl)cc32)cc1. The van der Waals surface area contributed by atoms with Crippen molar-refractivity contribution in [3.05, 3.63) is 82.6 Å². The molecule has 1 aliphatic rings. The van der Waals surface area contributed by atoms with Gasteiger partial charge in [0.2, 0.25) is 0 Å². The molecule has 1 aliphatic heterocycles. The van der Waals surface area contributed by atoms with Crippen molar-refractivity contribution < 1.29 is 26.0 Å². The van der Waals surface area contributed by atoms with Crippen molar-refractivity contribution in [1.29, 1.82) is 0 Å². The number of fused-ring (bicyclic) bond motifs is 1. The van der Waals surface area contributed by atoms with Gasteiger partial charge < -0.3 is 5.32 Å². The van der Waals surface area contributed by atoms with E-state index in [1.54, 1.807) is 12.1 Å². The first-order chi connectivity index (χ1) is 16.0. The summed E-state index contributed by atoms with van der Waals surface area (Å²) < 4.78 is 65.5. The summed E-state index contributed by atoms with van der Waals surface area (Å²) in [6.45, 7) is 0.208. The molecule has 0 unspecified atom stereocenters. The minimum Gasteiger partial charge on any atom is -0.322 e. The maximum atomic E-state index is 14.1. The predicted octanol–water partition coefficient (Wildman–Crippen LogP) is 4.28. The third kappa shape index (κ3) is 4.66. The molecule has 7 nitrogen and oxygen atoms in total. The monoisotopic (exact) mass is 522 g/mol. The molecule has 34 heavy (non-hydrogen) atoms. The Morgan fingerprint density at radius 3 is 2.32 bits per heavy atom. The number of carbonyl (C=O) groups is 1. The highest BCUT2D eigenvalue weighted by molar-refractivity contribution is 7.93. The third-order valence-corrected chi connectivity index (χ3v) is 8.72. The molecule has 3 aromatic rings. The summed E-state index contributed by atoms with van der Waals surface area (Å²) in [5.41, 5.74) is 1.12. The van der Waals surface area contributed by atoms with Crippen molar-refractivity contribution in [3.63, 3.8) is 0 Å². The molecule has 4 rings (SSSR count). The number of amides is 1. The van der Waals surface area contributed by atoms with E-state index >= 15 is 0 Å². The number of hydrogen-bond acceptors (Lipinski definition) is 5. The third-order valence-electron chi connectivity index (χ3n) is 5.45. The van der Waals surface area contributed by atoms with Crippen molar-refractivity contribution in [2.45, 2.75) is 22.6 Å². The minimum absolute atomic E-state index is 0.0160. The van der Waals surface area contributed by atoms with Gasteiger partial charge in [0, 0.05) is 18.5 Å². The molecular weight excluding hydrogens is 503 g/mol. The normalized spacial score (nSPS) is 13.9. The van der Waals surface area contributed by atoms with E-state index in [0.29, 0.717) is 18.5 Å². The van der Waals surface area contributed by atoms with Crippen LogP contribution in [0.25, 0.3) is 0 Å². The van der Waals surface area contributed by atoms with Crippen molar-refractivity contribution in [3.8, 4) is 0 Å². The van der Waals surface area contributed by atoms with Gasteiger partial charge in [-0.05, 0) is 66.9 Å². The van der Waals surface area contributed by atoms with Gasteiger partial charge in [-0.25, -0.2) is 21.2 Å². The van der Waals surface area contributed by atoms with Crippen LogP contribution in [0, 0.1) is 5.82 Å². The van der Waals surface area contributed by atoms with Crippen LogP contribution in [0.3, 0.4) is 0 Å². The summed E-state index contributed by atoms with van der Waals surface area (Å²) in [5.74, 6) is -1.53. The lowest BCUT2D eigenvalue weighted by Crippen LogP contribution is -2.35. The first-order valence-corrected chi connectivity index (χ1v) is 13.9. The number of nitrogens with zero attached hydrogens (tertiary/aromatic N) is 1. The Morgan fingerprint density at radius 2 is 1.68 bits per heavy atom. The van der Waals surface area contributed by atoms with Gasteiger partial charge in [-0.2, -0.15) is 0 Å². The number of halogens is 2. The number of sulfone groups is 1. The highest BCUT2D eigenvalue weighted by atomic mass is 35.5. The molecule has 11 heteroatoms. The van der Waals surface area contributed by atoms with Gasteiger partial charge in [-0.3, -0.25) is 9.10 Å². The molecule has 0 bridgehead atoms. The van der Waals surface area contributed by atoms with Gasteiger partial charge in [0.25, 0.3) is 15.9 Å². The Kier molecular flexibility index (Phi) is 6.41. The molecule has 0 aromatic heterocycles. The van der Waals surface area contributed by atoms with Gasteiger partial charge in [0.05, 0.1) is 26.1 Å². The van der Waals surface area contributed by atoms with Crippen LogP contribution in [0.15, 0.2) is 70.5 Å². The Labute approximate surface area is 202 Å². The van der Waals surface area contributed by atoms with Gasteiger partial charge in [-0.1, -0.05) is 23.7 Å². The average Bonchev–Trinajstić information content (AvgIpc) is 2.78. The number of sulfonamides is 1. The van der Waals surface area contributed by atoms with Crippen LogP contribution in [0.1, 0.15) is 22.3 Å². The van der Waals surface area contributed by atoms with Crippen molar-refractivity contribution in [2.24, 2.45) is 0 Å². The number of carbonyl (C=O) groups excluding carboxylic acids is 1. The molecular formula is C23H20ClFN2O5S2. The van der Waals surface area contributed by atoms with Crippen LogP contribution < -0.4 is 9.62 Å². The summed E-state index contributed by atoms with van der Waals surface area (Å²) in [5, 5.41) is 2.53. The zero-order valence-corrected chi connectivity index (χ0v) is 20.3. The quantitative estimate of drug-likeness (QED) is 0.539. The van der Waals surface area contributed by atoms with E-state index in [4.69, 9.17) is 11.6 Å². The van der Waals surface area contributed by atoms with Crippen LogP contribution in [-0.2, 0) is 26.3 Å². The van der Waals surface area contributed by atoms with E-state index < -0.39 is 31.6 Å². The fourth-order valence-electron chi connectivity index (χ4n) is 3.76. The molecule has 178 valence electrons. The highest BCUT2D eigenvalue weighted by Crippen LogP contribution is 2.34. The van der Waals surface area contributed by atoms with Gasteiger partial charge >= 0.3 is 0 Å². The molecule has 1 amide bonds. The summed E-state index contributed by atoms with van der Waals surface area (Å²) in [4.78, 5) is 12.6. The Hall–Kier alpha value is -2.95. The maximum absolute atomic E-state index is 14.1. The van der Waals surface area contributed by atoms with E-state index in [2.05, 4.69) is 5.32 Å². The zero-order valence-electron chi connectivity index (χ0n) is 18.0. The maximum Gasteiger partial charge on any atom is 0.264 e. The summed E-state index contributed by atoms with van der Waals surface area (Å²) in [6, 6.07) is 13.8. The molecule has 0 radical (unpaired) electrons. The van der Waals surface area contributed by atoms with E-state index in [0.717, 1.165) is 17.9 Å². The van der Waals surface area contributed by atoms with E-state index in [9.17, 15) is 26.0 Å². The lowest BCUT2D eigenvalue weighted by atomic mass is 10.0. The van der Waals surface area contributed by atoms with Crippen molar-refractivity contribution >= 4 is 48.7 Å². The molecule has 0 saturated heterocycles. The summed E-state index contributed by atoms with van der Waals surface area (Å²) >= 11 is 5.97. The first kappa shape index (κ1) is 24.2. The van der Waals surface area contributed by atoms with Crippen LogP contribution in [0.4, 0.5) is 15.8 Å². The van der Waals surface area contributed by atoms with E-state index in [1.165, 1.54) is 46.8 Å². The number of anilines is 2. The topological polar surface area (TPSA) is 101 Å². The number of hydrogen-bond donors (Lipinski definition) is 1. The second-order valence-corrected chi connectivity index (χ2v) is 12.1. The molecule has 0 aliphatic carbocycles. The largest absolute Gasteiger partial charge is 0.322 e. The van der Waals surface area contributed by atoms with Crippen molar-refractivity contribution in [1.82, 2.24) is 0 Å². The Morgan fingerprint density at radius 1 is 1.00 bits per heavy atom. The number of aryl methyl sites for hydroxylation is 1.